The Labute approximate surface area is 187 Å². The van der Waals surface area contributed by atoms with E-state index in [1.54, 1.807) is 37.4 Å². The lowest BCUT2D eigenvalue weighted by Crippen LogP contribution is -2.05. The number of pyridine rings is 1. The van der Waals surface area contributed by atoms with Crippen LogP contribution in [0.15, 0.2) is 48.8 Å². The van der Waals surface area contributed by atoms with E-state index in [0.29, 0.717) is 34.6 Å². The van der Waals surface area contributed by atoms with Crippen molar-refractivity contribution >= 4 is 29.2 Å². The summed E-state index contributed by atoms with van der Waals surface area (Å²) in [6, 6.07) is 10.6. The molecular weight excluding hydrogens is 422 g/mol. The molecule has 5 aromatic rings. The van der Waals surface area contributed by atoms with E-state index in [1.165, 1.54) is 0 Å². The number of H-pyrrole nitrogens is 1. The van der Waals surface area contributed by atoms with Crippen molar-refractivity contribution in [1.29, 1.82) is 0 Å². The minimum Gasteiger partial charge on any atom is -0.478 e. The molecular formula is C22H19N9O2. The fraction of sp³-hybridized carbons (Fsp3) is 0.0909. The molecule has 0 aliphatic rings. The third kappa shape index (κ3) is 3.71. The summed E-state index contributed by atoms with van der Waals surface area (Å²) in [7, 11) is 0. The number of aromatic carboxylic acids is 1. The average Bonchev–Trinajstić information content (AvgIpc) is 3.40. The van der Waals surface area contributed by atoms with Crippen LogP contribution in [0.3, 0.4) is 0 Å². The molecule has 0 aliphatic carbocycles. The molecule has 11 nitrogen and oxygen atoms in total. The van der Waals surface area contributed by atoms with Crippen LogP contribution >= 0.6 is 0 Å². The molecule has 0 spiro atoms. The van der Waals surface area contributed by atoms with Gasteiger partial charge in [-0.15, -0.1) is 0 Å². The lowest BCUT2D eigenvalue weighted by molar-refractivity contribution is 0.0697. The Kier molecular flexibility index (Phi) is 4.70. The van der Waals surface area contributed by atoms with Crippen molar-refractivity contribution < 1.29 is 9.90 Å². The molecule has 0 amide bonds. The Morgan fingerprint density at radius 3 is 2.64 bits per heavy atom. The van der Waals surface area contributed by atoms with E-state index in [1.807, 2.05) is 29.7 Å². The number of aryl methyl sites for hydroxylation is 2. The molecule has 1 aromatic carbocycles. The molecule has 5 rings (SSSR count). The fourth-order valence-corrected chi connectivity index (χ4v) is 3.69. The van der Waals surface area contributed by atoms with Gasteiger partial charge in [-0.3, -0.25) is 9.50 Å². The number of nitrogens with zero attached hydrogens (tertiary/aromatic N) is 6. The predicted octanol–water partition coefficient (Wildman–Crippen LogP) is 3.22. The highest BCUT2D eigenvalue weighted by atomic mass is 16.4. The maximum Gasteiger partial charge on any atom is 0.335 e. The fourth-order valence-electron chi connectivity index (χ4n) is 3.69. The van der Waals surface area contributed by atoms with Crippen LogP contribution in [0.25, 0.3) is 28.3 Å². The number of fused-ring (bicyclic) bond motifs is 1. The molecule has 4 aromatic heterocycles. The van der Waals surface area contributed by atoms with Gasteiger partial charge in [-0.1, -0.05) is 6.07 Å². The highest BCUT2D eigenvalue weighted by Gasteiger charge is 2.20. The van der Waals surface area contributed by atoms with E-state index in [0.717, 1.165) is 16.7 Å². The van der Waals surface area contributed by atoms with Crippen LogP contribution in [0.4, 0.5) is 17.6 Å². The smallest absolute Gasteiger partial charge is 0.335 e. The number of anilines is 3. The average molecular weight is 441 g/mol. The molecule has 0 unspecified atom stereocenters. The maximum atomic E-state index is 11.3. The summed E-state index contributed by atoms with van der Waals surface area (Å²) < 4.78 is 1.87. The van der Waals surface area contributed by atoms with Gasteiger partial charge in [0.05, 0.1) is 11.8 Å². The molecule has 0 fully saturated rings. The van der Waals surface area contributed by atoms with Crippen molar-refractivity contribution in [2.75, 3.05) is 11.1 Å². The summed E-state index contributed by atoms with van der Waals surface area (Å²) in [6.45, 7) is 3.62. The first kappa shape index (κ1) is 20.1. The Balaban J connectivity index is 1.71. The second-order valence-corrected chi connectivity index (χ2v) is 7.45. The van der Waals surface area contributed by atoms with Gasteiger partial charge < -0.3 is 16.2 Å². The van der Waals surface area contributed by atoms with Gasteiger partial charge in [0.2, 0.25) is 5.95 Å². The van der Waals surface area contributed by atoms with E-state index in [-0.39, 0.29) is 11.5 Å². The first-order valence-corrected chi connectivity index (χ1v) is 10.0. The molecule has 0 atom stereocenters. The van der Waals surface area contributed by atoms with Gasteiger partial charge in [-0.25, -0.2) is 14.8 Å². The standard InChI is InChI=1S/C22H19N9O2/c1-11-9-13(21(32)33)3-5-15(11)14-4-6-17-28-20(27-16-7-8-24-30-16)18(31(17)10-14)19-25-12(2)26-22(23)29-19/h3-10H,1-2H3,(H,32,33)(H2,24,27,30)(H2,23,25,26,29). The van der Waals surface area contributed by atoms with Crippen LogP contribution in [0.5, 0.6) is 0 Å². The quantitative estimate of drug-likeness (QED) is 0.321. The summed E-state index contributed by atoms with van der Waals surface area (Å²) in [5.74, 6) is 1.16. The Hall–Kier alpha value is -4.80. The minimum absolute atomic E-state index is 0.108. The number of carboxylic acids is 1. The van der Waals surface area contributed by atoms with Crippen LogP contribution in [0.2, 0.25) is 0 Å². The molecule has 11 heteroatoms. The SMILES string of the molecule is Cc1nc(N)nc(-c2c(Nc3ccn[nH]3)nc3ccc(-c4ccc(C(=O)O)cc4C)cn23)n1. The minimum atomic E-state index is -0.964. The van der Waals surface area contributed by atoms with Gasteiger partial charge in [0.25, 0.3) is 0 Å². The number of nitrogens with two attached hydrogens (primary N) is 1. The first-order valence-electron chi connectivity index (χ1n) is 10.0. The topological polar surface area (TPSA) is 160 Å². The zero-order valence-electron chi connectivity index (χ0n) is 17.7. The monoisotopic (exact) mass is 441 g/mol. The number of imidazole rings is 1. The van der Waals surface area contributed by atoms with Gasteiger partial charge in [0.15, 0.2) is 11.6 Å². The van der Waals surface area contributed by atoms with E-state index in [9.17, 15) is 9.90 Å². The molecule has 0 aliphatic heterocycles. The number of hydrogen-bond acceptors (Lipinski definition) is 8. The molecule has 0 saturated carbocycles. The maximum absolute atomic E-state index is 11.3. The Morgan fingerprint density at radius 1 is 1.09 bits per heavy atom. The van der Waals surface area contributed by atoms with Gasteiger partial charge in [-0.2, -0.15) is 15.1 Å². The Morgan fingerprint density at radius 2 is 1.94 bits per heavy atom. The summed E-state index contributed by atoms with van der Waals surface area (Å²) in [4.78, 5) is 28.9. The Bertz CT molecular complexity index is 1490. The zero-order chi connectivity index (χ0) is 23.1. The van der Waals surface area contributed by atoms with Crippen LogP contribution in [-0.2, 0) is 0 Å². The second kappa shape index (κ2) is 7.71. The van der Waals surface area contributed by atoms with Crippen LogP contribution in [0, 0.1) is 13.8 Å². The van der Waals surface area contributed by atoms with Gasteiger partial charge >= 0.3 is 5.97 Å². The first-order chi connectivity index (χ1) is 15.9. The number of carboxylic acid groups (broad SMARTS) is 1. The zero-order valence-corrected chi connectivity index (χ0v) is 17.7. The van der Waals surface area contributed by atoms with E-state index < -0.39 is 5.97 Å². The number of nitrogens with one attached hydrogen (secondary N) is 2. The summed E-state index contributed by atoms with van der Waals surface area (Å²) in [6.07, 6.45) is 3.54. The van der Waals surface area contributed by atoms with E-state index >= 15 is 0 Å². The van der Waals surface area contributed by atoms with Gasteiger partial charge in [0.1, 0.15) is 23.0 Å². The molecule has 0 bridgehead atoms. The predicted molar refractivity (Wildman–Crippen MR) is 122 cm³/mol. The molecule has 33 heavy (non-hydrogen) atoms. The van der Waals surface area contributed by atoms with E-state index in [2.05, 4.69) is 30.5 Å². The summed E-state index contributed by atoms with van der Waals surface area (Å²) in [5.41, 5.74) is 10.0. The van der Waals surface area contributed by atoms with Crippen molar-refractivity contribution in [3.8, 4) is 22.6 Å². The van der Waals surface area contributed by atoms with Gasteiger partial charge in [0, 0.05) is 12.3 Å². The third-order valence-electron chi connectivity index (χ3n) is 5.13. The number of carbonyl (C=O) groups is 1. The van der Waals surface area contributed by atoms with Crippen molar-refractivity contribution in [3.05, 3.63) is 65.7 Å². The normalized spacial score (nSPS) is 11.1. The van der Waals surface area contributed by atoms with E-state index in [4.69, 9.17) is 10.7 Å². The number of hydrogen-bond donors (Lipinski definition) is 4. The highest BCUT2D eigenvalue weighted by Crippen LogP contribution is 2.32. The third-order valence-corrected chi connectivity index (χ3v) is 5.13. The summed E-state index contributed by atoms with van der Waals surface area (Å²) in [5, 5.41) is 19.3. The number of aromatic nitrogens is 7. The number of nitrogen functional groups attached to an aromatic ring is 1. The van der Waals surface area contributed by atoms with Crippen molar-refractivity contribution in [2.24, 2.45) is 0 Å². The number of aromatic amines is 1. The molecule has 5 N–H and O–H groups in total. The molecule has 4 heterocycles. The second-order valence-electron chi connectivity index (χ2n) is 7.45. The van der Waals surface area contributed by atoms with Crippen molar-refractivity contribution in [1.82, 2.24) is 34.5 Å². The van der Waals surface area contributed by atoms with Crippen LogP contribution in [0.1, 0.15) is 21.7 Å². The largest absolute Gasteiger partial charge is 0.478 e. The molecule has 164 valence electrons. The lowest BCUT2D eigenvalue weighted by Gasteiger charge is -2.10. The van der Waals surface area contributed by atoms with Gasteiger partial charge in [-0.05, 0) is 54.8 Å². The van der Waals surface area contributed by atoms with Crippen LogP contribution < -0.4 is 11.1 Å². The number of benzene rings is 1. The van der Waals surface area contributed by atoms with Crippen molar-refractivity contribution in [3.63, 3.8) is 0 Å². The number of rotatable bonds is 5. The molecule has 0 radical (unpaired) electrons. The van der Waals surface area contributed by atoms with Crippen molar-refractivity contribution in [2.45, 2.75) is 13.8 Å². The molecule has 0 saturated heterocycles. The lowest BCUT2D eigenvalue weighted by atomic mass is 9.99. The van der Waals surface area contributed by atoms with Crippen LogP contribution in [-0.4, -0.2) is 45.6 Å². The summed E-state index contributed by atoms with van der Waals surface area (Å²) >= 11 is 0. The highest BCUT2D eigenvalue weighted by molar-refractivity contribution is 5.89.